The zero-order valence-corrected chi connectivity index (χ0v) is 15.4. The molecule has 0 saturated heterocycles. The van der Waals surface area contributed by atoms with Gasteiger partial charge in [-0.1, -0.05) is 48.5 Å². The van der Waals surface area contributed by atoms with Crippen LogP contribution in [0.1, 0.15) is 21.6 Å². The van der Waals surface area contributed by atoms with Crippen molar-refractivity contribution >= 4 is 27.7 Å². The van der Waals surface area contributed by atoms with E-state index in [-0.39, 0.29) is 5.91 Å². The van der Waals surface area contributed by atoms with E-state index in [4.69, 9.17) is 0 Å². The Morgan fingerprint density at radius 3 is 2.74 bits per heavy atom. The smallest absolute Gasteiger partial charge is 0.270 e. The summed E-state index contributed by atoms with van der Waals surface area (Å²) in [6.07, 6.45) is 3.62. The van der Waals surface area contributed by atoms with Gasteiger partial charge in [-0.05, 0) is 30.0 Å². The number of aromatic nitrogens is 2. The van der Waals surface area contributed by atoms with Gasteiger partial charge in [0.05, 0.1) is 11.0 Å². The van der Waals surface area contributed by atoms with Crippen LogP contribution < -0.4 is 0 Å². The van der Waals surface area contributed by atoms with Crippen molar-refractivity contribution in [3.63, 3.8) is 0 Å². The number of nitrogens with zero attached hydrogens (tertiary/aromatic N) is 3. The Morgan fingerprint density at radius 1 is 1.04 bits per heavy atom. The highest BCUT2D eigenvalue weighted by atomic mass is 16.2. The fourth-order valence-corrected chi connectivity index (χ4v) is 4.22. The molecule has 5 rings (SSSR count). The van der Waals surface area contributed by atoms with E-state index < -0.39 is 0 Å². The molecule has 0 aliphatic carbocycles. The van der Waals surface area contributed by atoms with Crippen molar-refractivity contribution in [1.82, 2.24) is 14.5 Å². The van der Waals surface area contributed by atoms with E-state index in [1.807, 2.05) is 30.3 Å². The third-order valence-electron chi connectivity index (χ3n) is 5.61. The van der Waals surface area contributed by atoms with Gasteiger partial charge in [-0.3, -0.25) is 9.78 Å². The first-order valence-electron chi connectivity index (χ1n) is 9.42. The standard InChI is InChI=1S/C23H21N3O/c1-25-14-12-19-18-10-9-17-8-5-13-24-20(17)21(18)26(22(19)23(25)27)15-11-16-6-3-2-4-7-16/h2-10,13H,11-12,14-15H2,1H3. The molecule has 27 heavy (non-hydrogen) atoms. The summed E-state index contributed by atoms with van der Waals surface area (Å²) < 4.78 is 2.21. The van der Waals surface area contributed by atoms with E-state index in [1.165, 1.54) is 16.5 Å². The quantitative estimate of drug-likeness (QED) is 0.556. The zero-order valence-electron chi connectivity index (χ0n) is 15.4. The maximum absolute atomic E-state index is 13.0. The van der Waals surface area contributed by atoms with Crippen molar-refractivity contribution in [1.29, 1.82) is 0 Å². The Labute approximate surface area is 158 Å². The van der Waals surface area contributed by atoms with Crippen molar-refractivity contribution < 1.29 is 4.79 Å². The molecule has 0 bridgehead atoms. The highest BCUT2D eigenvalue weighted by Gasteiger charge is 2.29. The number of hydrogen-bond donors (Lipinski definition) is 0. The minimum absolute atomic E-state index is 0.115. The summed E-state index contributed by atoms with van der Waals surface area (Å²) in [6.45, 7) is 1.54. The summed E-state index contributed by atoms with van der Waals surface area (Å²) in [7, 11) is 1.89. The average Bonchev–Trinajstić information content (AvgIpc) is 3.04. The predicted octanol–water partition coefficient (Wildman–Crippen LogP) is 4.06. The van der Waals surface area contributed by atoms with Gasteiger partial charge in [0, 0.05) is 37.1 Å². The molecular formula is C23H21N3O. The fraction of sp³-hybridized carbons (Fsp3) is 0.217. The van der Waals surface area contributed by atoms with Crippen LogP contribution in [-0.4, -0.2) is 34.0 Å². The normalized spacial score (nSPS) is 14.1. The lowest BCUT2D eigenvalue weighted by Crippen LogP contribution is -2.35. The molecule has 3 heterocycles. The Kier molecular flexibility index (Phi) is 3.71. The van der Waals surface area contributed by atoms with Gasteiger partial charge in [0.25, 0.3) is 5.91 Å². The molecule has 0 saturated carbocycles. The van der Waals surface area contributed by atoms with E-state index in [2.05, 4.69) is 52.0 Å². The summed E-state index contributed by atoms with van der Waals surface area (Å²) in [5.74, 6) is 0.115. The second kappa shape index (κ2) is 6.23. The number of carbonyl (C=O) groups excluding carboxylic acids is 1. The summed E-state index contributed by atoms with van der Waals surface area (Å²) >= 11 is 0. The molecule has 134 valence electrons. The number of hydrogen-bond acceptors (Lipinski definition) is 2. The number of likely N-dealkylation sites (N-methyl/N-ethyl adjacent to an activating group) is 1. The maximum atomic E-state index is 13.0. The second-order valence-corrected chi connectivity index (χ2v) is 7.23. The summed E-state index contributed by atoms with van der Waals surface area (Å²) in [4.78, 5) is 19.5. The number of benzene rings is 2. The molecule has 1 aliphatic rings. The topological polar surface area (TPSA) is 38.1 Å². The first-order valence-corrected chi connectivity index (χ1v) is 9.42. The summed E-state index contributed by atoms with van der Waals surface area (Å²) in [5, 5.41) is 2.28. The van der Waals surface area contributed by atoms with E-state index >= 15 is 0 Å². The van der Waals surface area contributed by atoms with Crippen LogP contribution in [-0.2, 0) is 19.4 Å². The first kappa shape index (κ1) is 16.1. The predicted molar refractivity (Wildman–Crippen MR) is 108 cm³/mol. The fourth-order valence-electron chi connectivity index (χ4n) is 4.22. The number of amides is 1. The lowest BCUT2D eigenvalue weighted by molar-refractivity contribution is 0.0770. The molecule has 4 heteroatoms. The molecule has 2 aromatic heterocycles. The van der Waals surface area contributed by atoms with E-state index in [0.717, 1.165) is 48.0 Å². The lowest BCUT2D eigenvalue weighted by Gasteiger charge is -2.24. The van der Waals surface area contributed by atoms with Gasteiger partial charge in [0.1, 0.15) is 5.69 Å². The molecule has 0 fully saturated rings. The molecule has 2 aromatic carbocycles. The van der Waals surface area contributed by atoms with Crippen LogP contribution in [0.3, 0.4) is 0 Å². The van der Waals surface area contributed by atoms with Gasteiger partial charge in [-0.25, -0.2) is 0 Å². The molecule has 0 unspecified atom stereocenters. The molecule has 0 N–H and O–H groups in total. The number of rotatable bonds is 3. The monoisotopic (exact) mass is 355 g/mol. The molecule has 0 atom stereocenters. The van der Waals surface area contributed by atoms with Crippen molar-refractivity contribution in [3.05, 3.63) is 77.6 Å². The highest BCUT2D eigenvalue weighted by molar-refractivity contribution is 6.10. The molecule has 1 aliphatic heterocycles. The Hall–Kier alpha value is -3.14. The van der Waals surface area contributed by atoms with Crippen LogP contribution in [0.2, 0.25) is 0 Å². The van der Waals surface area contributed by atoms with Crippen molar-refractivity contribution in [2.45, 2.75) is 19.4 Å². The summed E-state index contributed by atoms with van der Waals surface area (Å²) in [6, 6.07) is 18.8. The molecular weight excluding hydrogens is 334 g/mol. The van der Waals surface area contributed by atoms with Crippen LogP contribution >= 0.6 is 0 Å². The Balaban J connectivity index is 1.75. The minimum Gasteiger partial charge on any atom is -0.340 e. The van der Waals surface area contributed by atoms with Crippen LogP contribution in [0.4, 0.5) is 0 Å². The van der Waals surface area contributed by atoms with Gasteiger partial charge < -0.3 is 9.47 Å². The largest absolute Gasteiger partial charge is 0.340 e. The van der Waals surface area contributed by atoms with Crippen molar-refractivity contribution in [2.24, 2.45) is 0 Å². The average molecular weight is 355 g/mol. The van der Waals surface area contributed by atoms with Crippen LogP contribution in [0.15, 0.2) is 60.8 Å². The third kappa shape index (κ3) is 2.52. The van der Waals surface area contributed by atoms with Crippen molar-refractivity contribution in [3.8, 4) is 0 Å². The molecule has 0 radical (unpaired) electrons. The molecule has 4 aromatic rings. The van der Waals surface area contributed by atoms with Crippen LogP contribution in [0, 0.1) is 0 Å². The second-order valence-electron chi connectivity index (χ2n) is 7.23. The number of carbonyl (C=O) groups is 1. The van der Waals surface area contributed by atoms with Crippen LogP contribution in [0.25, 0.3) is 21.8 Å². The van der Waals surface area contributed by atoms with Crippen LogP contribution in [0.5, 0.6) is 0 Å². The maximum Gasteiger partial charge on any atom is 0.270 e. The number of fused-ring (bicyclic) bond motifs is 5. The van der Waals surface area contributed by atoms with E-state index in [0.29, 0.717) is 0 Å². The molecule has 0 spiro atoms. The van der Waals surface area contributed by atoms with E-state index in [9.17, 15) is 4.79 Å². The zero-order chi connectivity index (χ0) is 18.4. The lowest BCUT2D eigenvalue weighted by atomic mass is 10.0. The molecule has 1 amide bonds. The van der Waals surface area contributed by atoms with Gasteiger partial charge in [0.15, 0.2) is 0 Å². The highest BCUT2D eigenvalue weighted by Crippen LogP contribution is 2.34. The van der Waals surface area contributed by atoms with Gasteiger partial charge in [-0.2, -0.15) is 0 Å². The van der Waals surface area contributed by atoms with Crippen molar-refractivity contribution in [2.75, 3.05) is 13.6 Å². The van der Waals surface area contributed by atoms with Gasteiger partial charge in [-0.15, -0.1) is 0 Å². The van der Waals surface area contributed by atoms with E-state index in [1.54, 1.807) is 0 Å². The van der Waals surface area contributed by atoms with Gasteiger partial charge >= 0.3 is 0 Å². The molecule has 4 nitrogen and oxygen atoms in total. The SMILES string of the molecule is CN1CCc2c(n(CCc3ccccc3)c3c2ccc2cccnc23)C1=O. The first-order chi connectivity index (χ1) is 13.2. The number of aryl methyl sites for hydroxylation is 2. The summed E-state index contributed by atoms with van der Waals surface area (Å²) in [5.41, 5.74) is 5.37. The Morgan fingerprint density at radius 2 is 1.89 bits per heavy atom. The Bertz CT molecular complexity index is 1160. The van der Waals surface area contributed by atoms with Gasteiger partial charge in [0.2, 0.25) is 0 Å². The third-order valence-corrected chi connectivity index (χ3v) is 5.61. The number of pyridine rings is 1. The minimum atomic E-state index is 0.115.